The van der Waals surface area contributed by atoms with E-state index in [-0.39, 0.29) is 18.1 Å². The molecule has 1 aromatic rings. The van der Waals surface area contributed by atoms with Crippen LogP contribution in [0.25, 0.3) is 0 Å². The van der Waals surface area contributed by atoms with Crippen LogP contribution in [0.5, 0.6) is 0 Å². The zero-order valence-corrected chi connectivity index (χ0v) is 13.7. The molecule has 2 fully saturated rings. The first kappa shape index (κ1) is 16.6. The van der Waals surface area contributed by atoms with Crippen molar-refractivity contribution in [1.82, 2.24) is 19.6 Å². The summed E-state index contributed by atoms with van der Waals surface area (Å²) in [4.78, 5) is 16.3. The third-order valence-corrected chi connectivity index (χ3v) is 5.16. The van der Waals surface area contributed by atoms with Gasteiger partial charge in [-0.3, -0.25) is 9.48 Å². The van der Waals surface area contributed by atoms with Gasteiger partial charge in [0, 0.05) is 26.2 Å². The average Bonchev–Trinajstić information content (AvgIpc) is 3.04. The lowest BCUT2D eigenvalue weighted by atomic mass is 10.0. The van der Waals surface area contributed by atoms with Gasteiger partial charge in [0.15, 0.2) is 5.69 Å². The summed E-state index contributed by atoms with van der Waals surface area (Å²) in [5.41, 5.74) is -0.976. The molecule has 3 heterocycles. The lowest BCUT2D eigenvalue weighted by molar-refractivity contribution is -0.142. The standard InChI is InChI=1S/C14H18ClF3N4O/c1-8-12(15)13(14(16,17)18)19-22(8)7-11(23)21-5-9-3-20(2)4-10(9)6-21/h9-10H,3-7H2,1-2H3. The molecular weight excluding hydrogens is 333 g/mol. The summed E-state index contributed by atoms with van der Waals surface area (Å²) in [5.74, 6) is 0.701. The van der Waals surface area contributed by atoms with Crippen LogP contribution in [-0.2, 0) is 17.5 Å². The highest BCUT2D eigenvalue weighted by Crippen LogP contribution is 2.35. The van der Waals surface area contributed by atoms with Gasteiger partial charge in [0.1, 0.15) is 6.54 Å². The fraction of sp³-hybridized carbons (Fsp3) is 0.714. The molecule has 5 nitrogen and oxygen atoms in total. The molecular formula is C14H18ClF3N4O. The van der Waals surface area contributed by atoms with E-state index in [9.17, 15) is 18.0 Å². The van der Waals surface area contributed by atoms with Crippen LogP contribution in [0.2, 0.25) is 5.02 Å². The molecule has 9 heteroatoms. The second-order valence-electron chi connectivity index (χ2n) is 6.44. The molecule has 2 atom stereocenters. The van der Waals surface area contributed by atoms with Crippen molar-refractivity contribution in [1.29, 1.82) is 0 Å². The largest absolute Gasteiger partial charge is 0.436 e. The van der Waals surface area contributed by atoms with E-state index in [0.29, 0.717) is 24.9 Å². The third-order valence-electron chi connectivity index (χ3n) is 4.71. The average molecular weight is 351 g/mol. The summed E-state index contributed by atoms with van der Waals surface area (Å²) in [5, 5.41) is 3.04. The molecule has 0 aliphatic carbocycles. The van der Waals surface area contributed by atoms with Gasteiger partial charge in [-0.25, -0.2) is 0 Å². The van der Waals surface area contributed by atoms with Crippen molar-refractivity contribution in [3.8, 4) is 0 Å². The van der Waals surface area contributed by atoms with E-state index in [1.54, 1.807) is 4.90 Å². The first-order valence-electron chi connectivity index (χ1n) is 7.43. The Hall–Kier alpha value is -1.28. The molecule has 0 aromatic carbocycles. The summed E-state index contributed by atoms with van der Waals surface area (Å²) in [6.45, 7) is 4.46. The Balaban J connectivity index is 1.70. The van der Waals surface area contributed by atoms with Gasteiger partial charge in [-0.15, -0.1) is 0 Å². The van der Waals surface area contributed by atoms with Gasteiger partial charge in [0.25, 0.3) is 0 Å². The molecule has 1 amide bonds. The van der Waals surface area contributed by atoms with Crippen LogP contribution in [0.1, 0.15) is 11.4 Å². The monoisotopic (exact) mass is 350 g/mol. The quantitative estimate of drug-likeness (QED) is 0.818. The van der Waals surface area contributed by atoms with Gasteiger partial charge >= 0.3 is 6.18 Å². The molecule has 0 bridgehead atoms. The number of alkyl halides is 3. The molecule has 2 aliphatic rings. The number of hydrogen-bond acceptors (Lipinski definition) is 3. The Bertz CT molecular complexity index is 616. The minimum absolute atomic E-state index is 0.159. The molecule has 0 saturated carbocycles. The van der Waals surface area contributed by atoms with Crippen LogP contribution in [0.15, 0.2) is 0 Å². The molecule has 0 radical (unpaired) electrons. The minimum Gasteiger partial charge on any atom is -0.340 e. The molecule has 0 N–H and O–H groups in total. The van der Waals surface area contributed by atoms with E-state index in [2.05, 4.69) is 17.0 Å². The van der Waals surface area contributed by atoms with Crippen molar-refractivity contribution in [2.75, 3.05) is 33.2 Å². The number of likely N-dealkylation sites (tertiary alicyclic amines) is 2. The number of nitrogens with zero attached hydrogens (tertiary/aromatic N) is 4. The van der Waals surface area contributed by atoms with Crippen molar-refractivity contribution >= 4 is 17.5 Å². The third kappa shape index (κ3) is 3.06. The van der Waals surface area contributed by atoms with Crippen molar-refractivity contribution in [2.24, 2.45) is 11.8 Å². The molecule has 1 aromatic heterocycles. The highest BCUT2D eigenvalue weighted by atomic mass is 35.5. The fourth-order valence-corrected chi connectivity index (χ4v) is 3.76. The van der Waals surface area contributed by atoms with Gasteiger partial charge in [0.2, 0.25) is 5.91 Å². The van der Waals surface area contributed by atoms with E-state index < -0.39 is 16.9 Å². The van der Waals surface area contributed by atoms with Crippen molar-refractivity contribution < 1.29 is 18.0 Å². The van der Waals surface area contributed by atoms with Crippen LogP contribution in [0.3, 0.4) is 0 Å². The lowest BCUT2D eigenvalue weighted by Gasteiger charge is -2.19. The van der Waals surface area contributed by atoms with Gasteiger partial charge in [-0.1, -0.05) is 11.6 Å². The Labute approximate surface area is 137 Å². The van der Waals surface area contributed by atoms with E-state index >= 15 is 0 Å². The summed E-state index contributed by atoms with van der Waals surface area (Å²) in [6, 6.07) is 0. The number of aromatic nitrogens is 2. The molecule has 2 unspecified atom stereocenters. The zero-order chi connectivity index (χ0) is 16.9. The van der Waals surface area contributed by atoms with Gasteiger partial charge in [-0.2, -0.15) is 18.3 Å². The first-order valence-corrected chi connectivity index (χ1v) is 7.81. The number of carbonyl (C=O) groups excluding carboxylic acids is 1. The van der Waals surface area contributed by atoms with E-state index in [1.807, 2.05) is 0 Å². The van der Waals surface area contributed by atoms with Crippen molar-refractivity contribution in [3.63, 3.8) is 0 Å². The molecule has 2 saturated heterocycles. The van der Waals surface area contributed by atoms with E-state index in [1.165, 1.54) is 6.92 Å². The zero-order valence-electron chi connectivity index (χ0n) is 12.9. The summed E-state index contributed by atoms with van der Waals surface area (Å²) in [6.07, 6.45) is -4.62. The maximum atomic E-state index is 12.8. The Kier molecular flexibility index (Phi) is 4.08. The van der Waals surface area contributed by atoms with E-state index in [4.69, 9.17) is 11.6 Å². The molecule has 128 valence electrons. The number of carbonyl (C=O) groups is 1. The predicted molar refractivity (Wildman–Crippen MR) is 78.0 cm³/mol. The highest BCUT2D eigenvalue weighted by Gasteiger charge is 2.41. The topological polar surface area (TPSA) is 41.4 Å². The minimum atomic E-state index is -4.62. The Morgan fingerprint density at radius 3 is 2.30 bits per heavy atom. The van der Waals surface area contributed by atoms with Crippen LogP contribution >= 0.6 is 11.6 Å². The predicted octanol–water partition coefficient (Wildman–Crippen LogP) is 1.88. The maximum absolute atomic E-state index is 12.8. The molecule has 2 aliphatic heterocycles. The second-order valence-corrected chi connectivity index (χ2v) is 6.82. The number of hydrogen-bond donors (Lipinski definition) is 0. The van der Waals surface area contributed by atoms with Gasteiger partial charge in [-0.05, 0) is 25.8 Å². The number of halogens is 4. The summed E-state index contributed by atoms with van der Waals surface area (Å²) < 4.78 is 39.5. The summed E-state index contributed by atoms with van der Waals surface area (Å²) >= 11 is 5.70. The lowest BCUT2D eigenvalue weighted by Crippen LogP contribution is -2.35. The normalized spacial score (nSPS) is 25.2. The molecule has 3 rings (SSSR count). The molecule has 0 spiro atoms. The van der Waals surface area contributed by atoms with Crippen LogP contribution in [-0.4, -0.2) is 58.7 Å². The number of rotatable bonds is 2. The van der Waals surface area contributed by atoms with Crippen LogP contribution < -0.4 is 0 Å². The summed E-state index contributed by atoms with van der Waals surface area (Å²) in [7, 11) is 2.05. The smallest absolute Gasteiger partial charge is 0.340 e. The van der Waals surface area contributed by atoms with Crippen LogP contribution in [0.4, 0.5) is 13.2 Å². The van der Waals surface area contributed by atoms with Crippen molar-refractivity contribution in [2.45, 2.75) is 19.6 Å². The highest BCUT2D eigenvalue weighted by molar-refractivity contribution is 6.32. The second kappa shape index (κ2) is 5.66. The molecule has 23 heavy (non-hydrogen) atoms. The van der Waals surface area contributed by atoms with Gasteiger partial charge in [0.05, 0.1) is 10.7 Å². The van der Waals surface area contributed by atoms with Crippen LogP contribution in [0, 0.1) is 18.8 Å². The number of fused-ring (bicyclic) bond motifs is 1. The SMILES string of the molecule is Cc1c(Cl)c(C(F)(F)F)nn1CC(=O)N1CC2CN(C)CC2C1. The van der Waals surface area contributed by atoms with E-state index in [0.717, 1.165) is 17.8 Å². The fourth-order valence-electron chi connectivity index (χ4n) is 3.52. The van der Waals surface area contributed by atoms with Crippen molar-refractivity contribution in [3.05, 3.63) is 16.4 Å². The maximum Gasteiger partial charge on any atom is 0.436 e. The van der Waals surface area contributed by atoms with Gasteiger partial charge < -0.3 is 9.80 Å². The Morgan fingerprint density at radius 2 is 1.83 bits per heavy atom. The number of amides is 1. The first-order chi connectivity index (χ1) is 10.7. The Morgan fingerprint density at radius 1 is 1.26 bits per heavy atom.